The summed E-state index contributed by atoms with van der Waals surface area (Å²) in [7, 11) is 1.65. The molecule has 23 heavy (non-hydrogen) atoms. The molecule has 0 saturated carbocycles. The third kappa shape index (κ3) is 5.75. The van der Waals surface area contributed by atoms with Gasteiger partial charge in [-0.1, -0.05) is 36.4 Å². The standard InChI is InChI=1S/C19H24N2O2/c1-15-5-3-4-6-17(15)13-20-14-19(22)21-12-11-16-7-9-18(23-2)10-8-16/h3-10,20H,11-14H2,1-2H3,(H,21,22). The number of amides is 1. The van der Waals surface area contributed by atoms with Crippen molar-refractivity contribution in [3.05, 3.63) is 65.2 Å². The fraction of sp³-hybridized carbons (Fsp3) is 0.316. The van der Waals surface area contributed by atoms with Crippen molar-refractivity contribution in [2.75, 3.05) is 20.2 Å². The third-order valence-corrected chi connectivity index (χ3v) is 3.76. The molecule has 2 N–H and O–H groups in total. The van der Waals surface area contributed by atoms with Gasteiger partial charge in [0.2, 0.25) is 5.91 Å². The molecule has 2 aromatic carbocycles. The summed E-state index contributed by atoms with van der Waals surface area (Å²) >= 11 is 0. The summed E-state index contributed by atoms with van der Waals surface area (Å²) in [6.45, 7) is 3.75. The Kier molecular flexibility index (Phi) is 6.63. The maximum atomic E-state index is 11.8. The molecular formula is C19H24N2O2. The molecule has 0 aliphatic rings. The first kappa shape index (κ1) is 17.0. The van der Waals surface area contributed by atoms with Crippen molar-refractivity contribution in [1.29, 1.82) is 0 Å². The van der Waals surface area contributed by atoms with Crippen molar-refractivity contribution in [2.45, 2.75) is 19.9 Å². The number of nitrogens with one attached hydrogen (secondary N) is 2. The normalized spacial score (nSPS) is 10.3. The quantitative estimate of drug-likeness (QED) is 0.787. The number of carbonyl (C=O) groups is 1. The summed E-state index contributed by atoms with van der Waals surface area (Å²) in [5.74, 6) is 0.866. The number of hydrogen-bond acceptors (Lipinski definition) is 3. The van der Waals surface area contributed by atoms with Crippen LogP contribution in [0.25, 0.3) is 0 Å². The zero-order valence-corrected chi connectivity index (χ0v) is 13.8. The summed E-state index contributed by atoms with van der Waals surface area (Å²) < 4.78 is 5.12. The van der Waals surface area contributed by atoms with E-state index in [4.69, 9.17) is 4.74 Å². The fourth-order valence-corrected chi connectivity index (χ4v) is 2.32. The third-order valence-electron chi connectivity index (χ3n) is 3.76. The van der Waals surface area contributed by atoms with E-state index in [9.17, 15) is 4.79 Å². The number of ether oxygens (including phenoxy) is 1. The molecular weight excluding hydrogens is 288 g/mol. The van der Waals surface area contributed by atoms with Gasteiger partial charge in [-0.2, -0.15) is 0 Å². The summed E-state index contributed by atoms with van der Waals surface area (Å²) in [5, 5.41) is 6.11. The SMILES string of the molecule is COc1ccc(CCNC(=O)CNCc2ccccc2C)cc1. The van der Waals surface area contributed by atoms with Gasteiger partial charge in [0.05, 0.1) is 13.7 Å². The van der Waals surface area contributed by atoms with Crippen LogP contribution < -0.4 is 15.4 Å². The Morgan fingerprint density at radius 1 is 1.09 bits per heavy atom. The van der Waals surface area contributed by atoms with Gasteiger partial charge in [0.25, 0.3) is 0 Å². The lowest BCUT2D eigenvalue weighted by molar-refractivity contribution is -0.120. The van der Waals surface area contributed by atoms with Crippen LogP contribution in [-0.2, 0) is 17.8 Å². The number of aryl methyl sites for hydroxylation is 1. The lowest BCUT2D eigenvalue weighted by Crippen LogP contribution is -2.34. The van der Waals surface area contributed by atoms with Gasteiger partial charge in [0.1, 0.15) is 5.75 Å². The molecule has 4 heteroatoms. The molecule has 122 valence electrons. The van der Waals surface area contributed by atoms with Gasteiger partial charge >= 0.3 is 0 Å². The van der Waals surface area contributed by atoms with E-state index >= 15 is 0 Å². The van der Waals surface area contributed by atoms with Crippen molar-refractivity contribution >= 4 is 5.91 Å². The van der Waals surface area contributed by atoms with Crippen LogP contribution >= 0.6 is 0 Å². The highest BCUT2D eigenvalue weighted by Crippen LogP contribution is 2.11. The van der Waals surface area contributed by atoms with Crippen molar-refractivity contribution in [3.8, 4) is 5.75 Å². The summed E-state index contributed by atoms with van der Waals surface area (Å²) in [4.78, 5) is 11.8. The minimum Gasteiger partial charge on any atom is -0.497 e. The summed E-state index contributed by atoms with van der Waals surface area (Å²) in [6.07, 6.45) is 0.813. The average Bonchev–Trinajstić information content (AvgIpc) is 2.57. The molecule has 2 aromatic rings. The van der Waals surface area contributed by atoms with Crippen LogP contribution in [-0.4, -0.2) is 26.1 Å². The number of hydrogen-bond donors (Lipinski definition) is 2. The monoisotopic (exact) mass is 312 g/mol. The molecule has 0 radical (unpaired) electrons. The molecule has 1 amide bonds. The maximum absolute atomic E-state index is 11.8. The van der Waals surface area contributed by atoms with Gasteiger partial charge < -0.3 is 15.4 Å². The second-order valence-corrected chi connectivity index (χ2v) is 5.48. The number of carbonyl (C=O) groups excluding carboxylic acids is 1. The van der Waals surface area contributed by atoms with Crippen LogP contribution in [0.5, 0.6) is 5.75 Å². The minimum atomic E-state index is 0.0205. The lowest BCUT2D eigenvalue weighted by atomic mass is 10.1. The first-order valence-electron chi connectivity index (χ1n) is 7.84. The first-order chi connectivity index (χ1) is 11.2. The zero-order valence-electron chi connectivity index (χ0n) is 13.8. The molecule has 0 aliphatic carbocycles. The number of benzene rings is 2. The van der Waals surface area contributed by atoms with Crippen LogP contribution in [0.1, 0.15) is 16.7 Å². The Balaban J connectivity index is 1.64. The van der Waals surface area contributed by atoms with Gasteiger partial charge in [-0.05, 0) is 42.2 Å². The largest absolute Gasteiger partial charge is 0.497 e. The van der Waals surface area contributed by atoms with E-state index in [1.807, 2.05) is 36.4 Å². The van der Waals surface area contributed by atoms with Gasteiger partial charge in [-0.15, -0.1) is 0 Å². The summed E-state index contributed by atoms with van der Waals surface area (Å²) in [6, 6.07) is 16.1. The predicted molar refractivity (Wildman–Crippen MR) is 92.6 cm³/mol. The van der Waals surface area contributed by atoms with Gasteiger partial charge in [0.15, 0.2) is 0 Å². The van der Waals surface area contributed by atoms with Crippen molar-refractivity contribution in [3.63, 3.8) is 0 Å². The van der Waals surface area contributed by atoms with Crippen molar-refractivity contribution in [1.82, 2.24) is 10.6 Å². The number of rotatable bonds is 8. The molecule has 0 bridgehead atoms. The number of methoxy groups -OCH3 is 1. The topological polar surface area (TPSA) is 50.4 Å². The Bertz CT molecular complexity index is 624. The van der Waals surface area contributed by atoms with E-state index in [0.29, 0.717) is 19.6 Å². The molecule has 0 heterocycles. The maximum Gasteiger partial charge on any atom is 0.233 e. The van der Waals surface area contributed by atoms with Crippen molar-refractivity contribution < 1.29 is 9.53 Å². The van der Waals surface area contributed by atoms with E-state index in [1.54, 1.807) is 7.11 Å². The Hall–Kier alpha value is -2.33. The minimum absolute atomic E-state index is 0.0205. The molecule has 0 saturated heterocycles. The van der Waals surface area contributed by atoms with Crippen LogP contribution in [0, 0.1) is 6.92 Å². The molecule has 2 rings (SSSR count). The second kappa shape index (κ2) is 8.96. The fourth-order valence-electron chi connectivity index (χ4n) is 2.32. The first-order valence-corrected chi connectivity index (χ1v) is 7.84. The molecule has 0 fully saturated rings. The van der Waals surface area contributed by atoms with E-state index in [-0.39, 0.29) is 5.91 Å². The van der Waals surface area contributed by atoms with E-state index < -0.39 is 0 Å². The second-order valence-electron chi connectivity index (χ2n) is 5.48. The van der Waals surface area contributed by atoms with E-state index in [0.717, 1.165) is 12.2 Å². The van der Waals surface area contributed by atoms with Gasteiger partial charge in [0, 0.05) is 13.1 Å². The van der Waals surface area contributed by atoms with E-state index in [2.05, 4.69) is 29.7 Å². The molecule has 0 spiro atoms. The Morgan fingerprint density at radius 3 is 2.52 bits per heavy atom. The van der Waals surface area contributed by atoms with Crippen LogP contribution in [0.15, 0.2) is 48.5 Å². The van der Waals surface area contributed by atoms with Crippen LogP contribution in [0.2, 0.25) is 0 Å². The van der Waals surface area contributed by atoms with Crippen molar-refractivity contribution in [2.24, 2.45) is 0 Å². The highest BCUT2D eigenvalue weighted by Gasteiger charge is 2.02. The highest BCUT2D eigenvalue weighted by atomic mass is 16.5. The molecule has 0 atom stereocenters. The molecule has 0 aromatic heterocycles. The van der Waals surface area contributed by atoms with Crippen LogP contribution in [0.4, 0.5) is 0 Å². The lowest BCUT2D eigenvalue weighted by Gasteiger charge is -2.09. The van der Waals surface area contributed by atoms with Gasteiger partial charge in [-0.3, -0.25) is 4.79 Å². The van der Waals surface area contributed by atoms with Crippen LogP contribution in [0.3, 0.4) is 0 Å². The smallest absolute Gasteiger partial charge is 0.233 e. The average molecular weight is 312 g/mol. The molecule has 0 unspecified atom stereocenters. The predicted octanol–water partition coefficient (Wildman–Crippen LogP) is 2.45. The summed E-state index contributed by atoms with van der Waals surface area (Å²) in [5.41, 5.74) is 3.64. The molecule has 4 nitrogen and oxygen atoms in total. The Labute approximate surface area is 137 Å². The highest BCUT2D eigenvalue weighted by molar-refractivity contribution is 5.77. The molecule has 0 aliphatic heterocycles. The Morgan fingerprint density at radius 2 is 1.83 bits per heavy atom. The van der Waals surface area contributed by atoms with E-state index in [1.165, 1.54) is 16.7 Å². The van der Waals surface area contributed by atoms with Gasteiger partial charge in [-0.25, -0.2) is 0 Å². The zero-order chi connectivity index (χ0) is 16.5.